The minimum absolute atomic E-state index is 0. The third-order valence-corrected chi connectivity index (χ3v) is 6.48. The van der Waals surface area contributed by atoms with Crippen molar-refractivity contribution in [2.75, 3.05) is 50.1 Å². The summed E-state index contributed by atoms with van der Waals surface area (Å²) in [6, 6.07) is 2.12. The molecule has 35 heavy (non-hydrogen) atoms. The van der Waals surface area contributed by atoms with Crippen molar-refractivity contribution in [3.63, 3.8) is 0 Å². The maximum atomic E-state index is 6.13. The van der Waals surface area contributed by atoms with Crippen molar-refractivity contribution < 1.29 is 6.16 Å². The van der Waals surface area contributed by atoms with Crippen molar-refractivity contribution in [2.45, 2.75) is 32.1 Å². The number of fused-ring (bicyclic) bond motifs is 5. The van der Waals surface area contributed by atoms with E-state index in [-0.39, 0.29) is 1.43 Å². The quantitative estimate of drug-likeness (QED) is 0.535. The van der Waals surface area contributed by atoms with Crippen LogP contribution in [-0.2, 0) is 4.74 Å². The molecule has 0 radical (unpaired) electrons. The first-order chi connectivity index (χ1) is 17.2. The van der Waals surface area contributed by atoms with Crippen molar-refractivity contribution in [1.82, 2.24) is 14.9 Å². The van der Waals surface area contributed by atoms with Crippen LogP contribution in [0, 0.1) is 0 Å². The van der Waals surface area contributed by atoms with Gasteiger partial charge in [-0.1, -0.05) is 42.5 Å². The van der Waals surface area contributed by atoms with E-state index < -0.39 is 0 Å². The van der Waals surface area contributed by atoms with Gasteiger partial charge in [-0.2, -0.15) is 4.98 Å². The van der Waals surface area contributed by atoms with E-state index in [1.165, 1.54) is 18.4 Å². The summed E-state index contributed by atoms with van der Waals surface area (Å²) in [5.74, 6) is 2.52. The summed E-state index contributed by atoms with van der Waals surface area (Å²) in [6.45, 7) is 4.51. The van der Waals surface area contributed by atoms with Gasteiger partial charge in [0.05, 0.1) is 12.3 Å². The van der Waals surface area contributed by atoms with E-state index in [2.05, 4.69) is 89.0 Å². The molecule has 2 aliphatic carbocycles. The van der Waals surface area contributed by atoms with E-state index in [4.69, 9.17) is 14.7 Å². The van der Waals surface area contributed by atoms with Crippen LogP contribution in [0.15, 0.2) is 83.9 Å². The summed E-state index contributed by atoms with van der Waals surface area (Å²) in [5, 5.41) is 3.53. The Morgan fingerprint density at radius 2 is 1.83 bits per heavy atom. The summed E-state index contributed by atoms with van der Waals surface area (Å²) >= 11 is 0. The summed E-state index contributed by atoms with van der Waals surface area (Å²) in [4.78, 5) is 14.6. The second kappa shape index (κ2) is 11.4. The molecular weight excluding hydrogens is 434 g/mol. The van der Waals surface area contributed by atoms with Crippen LogP contribution in [0.3, 0.4) is 0 Å². The van der Waals surface area contributed by atoms with E-state index in [0.717, 1.165) is 74.0 Å². The van der Waals surface area contributed by atoms with Crippen LogP contribution in [0.5, 0.6) is 0 Å². The molecule has 2 aliphatic heterocycles. The van der Waals surface area contributed by atoms with Gasteiger partial charge in [0.15, 0.2) is 0 Å². The van der Waals surface area contributed by atoms with Crippen molar-refractivity contribution in [1.29, 1.82) is 0 Å². The molecule has 1 aromatic heterocycles. The third-order valence-electron chi connectivity index (χ3n) is 6.48. The SMILES string of the molecule is CN1C/C=C/CCOC2=CCC=CC(=C2)c2cc(N3CCCC3)nc(n2)NC2=CCC=CC(=C2)C1.[HH]. The Labute approximate surface area is 210 Å². The Balaban J connectivity index is 0.00000304. The van der Waals surface area contributed by atoms with Crippen LogP contribution in [0.1, 0.15) is 39.2 Å². The number of allylic oxidation sites excluding steroid dienone is 8. The molecule has 1 aromatic rings. The number of aromatic nitrogens is 2. The Morgan fingerprint density at radius 3 is 2.74 bits per heavy atom. The summed E-state index contributed by atoms with van der Waals surface area (Å²) in [5.41, 5.74) is 4.26. The van der Waals surface area contributed by atoms with Crippen LogP contribution < -0.4 is 10.2 Å². The monoisotopic (exact) mass is 471 g/mol. The zero-order chi connectivity index (χ0) is 23.9. The molecule has 5 rings (SSSR count). The molecule has 184 valence electrons. The van der Waals surface area contributed by atoms with Gasteiger partial charge in [-0.05, 0) is 63.0 Å². The molecule has 4 aliphatic rings. The maximum Gasteiger partial charge on any atom is 0.229 e. The normalized spacial score (nSPS) is 22.3. The number of nitrogens with zero attached hydrogens (tertiary/aromatic N) is 4. The number of likely N-dealkylation sites (N-methyl/N-ethyl adjacent to an activating group) is 1. The Kier molecular flexibility index (Phi) is 7.59. The molecule has 3 heterocycles. The predicted octanol–water partition coefficient (Wildman–Crippen LogP) is 5.64. The lowest BCUT2D eigenvalue weighted by Crippen LogP contribution is -2.21. The molecule has 1 saturated heterocycles. The molecule has 1 fully saturated rings. The number of nitrogens with one attached hydrogen (secondary N) is 1. The first-order valence-corrected chi connectivity index (χ1v) is 12.8. The van der Waals surface area contributed by atoms with Crippen LogP contribution >= 0.6 is 0 Å². The zero-order valence-electron chi connectivity index (χ0n) is 20.6. The van der Waals surface area contributed by atoms with Crippen molar-refractivity contribution in [3.8, 4) is 0 Å². The number of hydrogen-bond donors (Lipinski definition) is 1. The van der Waals surface area contributed by atoms with Gasteiger partial charge in [0.2, 0.25) is 5.95 Å². The second-order valence-corrected chi connectivity index (χ2v) is 9.42. The summed E-state index contributed by atoms with van der Waals surface area (Å²) < 4.78 is 6.13. The van der Waals surface area contributed by atoms with Crippen molar-refractivity contribution in [3.05, 3.63) is 89.5 Å². The largest absolute Gasteiger partial charge is 0.494 e. The fraction of sp³-hybridized carbons (Fsp3) is 0.379. The maximum absolute atomic E-state index is 6.13. The fourth-order valence-corrected chi connectivity index (χ4v) is 4.67. The van der Waals surface area contributed by atoms with E-state index in [9.17, 15) is 0 Å². The first-order valence-electron chi connectivity index (χ1n) is 12.8. The summed E-state index contributed by atoms with van der Waals surface area (Å²) in [6.07, 6.45) is 26.9. The van der Waals surface area contributed by atoms with E-state index in [0.29, 0.717) is 12.6 Å². The molecule has 0 amide bonds. The first kappa shape index (κ1) is 23.4. The van der Waals surface area contributed by atoms with E-state index >= 15 is 0 Å². The van der Waals surface area contributed by atoms with Crippen LogP contribution in [0.2, 0.25) is 0 Å². The number of hydrogen-bond acceptors (Lipinski definition) is 6. The lowest BCUT2D eigenvalue weighted by molar-refractivity contribution is 0.229. The van der Waals surface area contributed by atoms with Gasteiger partial charge in [-0.15, -0.1) is 0 Å². The molecule has 0 spiro atoms. The number of rotatable bonds is 1. The van der Waals surface area contributed by atoms with Crippen LogP contribution in [-0.4, -0.2) is 54.7 Å². The van der Waals surface area contributed by atoms with Gasteiger partial charge in [0, 0.05) is 44.9 Å². The molecule has 6 bridgehead atoms. The molecule has 6 heteroatoms. The third kappa shape index (κ3) is 6.40. The van der Waals surface area contributed by atoms with Crippen molar-refractivity contribution >= 4 is 17.3 Å². The summed E-state index contributed by atoms with van der Waals surface area (Å²) in [7, 11) is 2.15. The molecular formula is C29H37N5O. The Bertz CT molecular complexity index is 1140. The smallest absolute Gasteiger partial charge is 0.229 e. The van der Waals surface area contributed by atoms with Crippen LogP contribution in [0.25, 0.3) is 5.57 Å². The van der Waals surface area contributed by atoms with Gasteiger partial charge in [-0.25, -0.2) is 4.98 Å². The molecule has 6 nitrogen and oxygen atoms in total. The molecule has 0 atom stereocenters. The highest BCUT2D eigenvalue weighted by Gasteiger charge is 2.18. The topological polar surface area (TPSA) is 53.5 Å². The lowest BCUT2D eigenvalue weighted by Gasteiger charge is -2.19. The van der Waals surface area contributed by atoms with Gasteiger partial charge in [-0.3, -0.25) is 4.90 Å². The van der Waals surface area contributed by atoms with E-state index in [1.807, 2.05) is 0 Å². The fourth-order valence-electron chi connectivity index (χ4n) is 4.67. The minimum atomic E-state index is 0. The van der Waals surface area contributed by atoms with Crippen LogP contribution in [0.4, 0.5) is 11.8 Å². The van der Waals surface area contributed by atoms with Gasteiger partial charge in [0.1, 0.15) is 11.6 Å². The Hall–Kier alpha value is -3.38. The molecule has 0 unspecified atom stereocenters. The van der Waals surface area contributed by atoms with Gasteiger partial charge >= 0.3 is 0 Å². The number of ether oxygens (including phenoxy) is 1. The molecule has 0 saturated carbocycles. The highest BCUT2D eigenvalue weighted by atomic mass is 16.5. The Morgan fingerprint density at radius 1 is 0.971 bits per heavy atom. The molecule has 0 aromatic carbocycles. The molecule has 1 N–H and O–H groups in total. The lowest BCUT2D eigenvalue weighted by atomic mass is 10.1. The highest BCUT2D eigenvalue weighted by Crippen LogP contribution is 2.27. The van der Waals surface area contributed by atoms with Gasteiger partial charge < -0.3 is 15.0 Å². The highest BCUT2D eigenvalue weighted by molar-refractivity contribution is 5.76. The predicted molar refractivity (Wildman–Crippen MR) is 146 cm³/mol. The minimum Gasteiger partial charge on any atom is -0.494 e. The van der Waals surface area contributed by atoms with Gasteiger partial charge in [0.25, 0.3) is 0 Å². The zero-order valence-corrected chi connectivity index (χ0v) is 20.6. The standard InChI is InChI=1S/C29H35N5O.H2/c1-33-15-7-2-10-18-35-26-14-6-4-12-24(20-26)27-21-28(34-16-8-9-17-34)32-29(31-27)30-25-13-5-3-11-23(19-25)22-33;/h2-4,7,11-14,19-21H,5-6,8-10,15-18,22H2,1H3,(H,30,31,32);1H/b7-2+;. The average molecular weight is 472 g/mol. The van der Waals surface area contributed by atoms with E-state index in [1.54, 1.807) is 0 Å². The average Bonchev–Trinajstić information content (AvgIpc) is 3.17. The second-order valence-electron chi connectivity index (χ2n) is 9.42. The number of anilines is 2. The van der Waals surface area contributed by atoms with Crippen molar-refractivity contribution in [2.24, 2.45) is 0 Å².